The monoisotopic (exact) mass is 1030 g/mol. The second-order valence-corrected chi connectivity index (χ2v) is 20.9. The lowest BCUT2D eigenvalue weighted by Crippen LogP contribution is -2.30. The zero-order chi connectivity index (χ0) is 52.7. The summed E-state index contributed by atoms with van der Waals surface area (Å²) in [6.45, 7) is 4.49. The van der Waals surface area contributed by atoms with Gasteiger partial charge < -0.3 is 24.2 Å². The fourth-order valence-electron chi connectivity index (χ4n) is 7.93. The molecular formula is C60H107O11P. The first kappa shape index (κ1) is 69.2. The summed E-state index contributed by atoms with van der Waals surface area (Å²) in [5.41, 5.74) is 0. The Morgan fingerprint density at radius 1 is 0.403 bits per heavy atom. The Kier molecular flexibility index (Phi) is 52.3. The third-order valence-corrected chi connectivity index (χ3v) is 13.3. The van der Waals surface area contributed by atoms with Gasteiger partial charge in [0.05, 0.1) is 19.8 Å². The first-order chi connectivity index (χ1) is 35.2. The maximum absolute atomic E-state index is 12.9. The molecule has 0 aliphatic carbocycles. The van der Waals surface area contributed by atoms with Crippen LogP contribution in [0.25, 0.3) is 0 Å². The molecule has 72 heavy (non-hydrogen) atoms. The fourth-order valence-corrected chi connectivity index (χ4v) is 8.72. The van der Waals surface area contributed by atoms with E-state index in [0.29, 0.717) is 19.3 Å². The van der Waals surface area contributed by atoms with Crippen molar-refractivity contribution in [2.24, 2.45) is 0 Å². The molecule has 11 nitrogen and oxygen atoms in total. The molecule has 0 aliphatic rings. The highest BCUT2D eigenvalue weighted by Crippen LogP contribution is 2.43. The second-order valence-electron chi connectivity index (χ2n) is 19.4. The number of aliphatic hydroxyl groups is 1. The number of carbonyl (C=O) groups is 3. The summed E-state index contributed by atoms with van der Waals surface area (Å²) in [5, 5.41) is 9.82. The van der Waals surface area contributed by atoms with E-state index in [1.54, 1.807) is 0 Å². The predicted molar refractivity (Wildman–Crippen MR) is 298 cm³/mol. The van der Waals surface area contributed by atoms with Crippen molar-refractivity contribution in [1.29, 1.82) is 0 Å². The maximum atomic E-state index is 12.9. The number of hydrogen-bond donors (Lipinski definition) is 2. The number of esters is 3. The molecule has 0 spiro atoms. The molecule has 0 aromatic rings. The third-order valence-electron chi connectivity index (χ3n) is 12.4. The predicted octanol–water partition coefficient (Wildman–Crippen LogP) is 17.1. The number of aliphatic hydroxyl groups excluding tert-OH is 1. The molecule has 0 saturated carbocycles. The van der Waals surface area contributed by atoms with Crippen LogP contribution in [0.2, 0.25) is 0 Å². The molecule has 2 N–H and O–H groups in total. The van der Waals surface area contributed by atoms with Crippen LogP contribution < -0.4 is 0 Å². The molecule has 12 heteroatoms. The van der Waals surface area contributed by atoms with Crippen LogP contribution in [0.15, 0.2) is 60.8 Å². The smallest absolute Gasteiger partial charge is 0.462 e. The molecule has 0 fully saturated rings. The normalized spacial score (nSPS) is 13.8. The maximum Gasteiger partial charge on any atom is 0.472 e. The van der Waals surface area contributed by atoms with Crippen LogP contribution in [0.3, 0.4) is 0 Å². The fraction of sp³-hybridized carbons (Fsp3) is 0.783. The zero-order valence-electron chi connectivity index (χ0n) is 46.1. The van der Waals surface area contributed by atoms with Crippen molar-refractivity contribution < 1.29 is 52.2 Å². The molecule has 3 atom stereocenters. The Morgan fingerprint density at radius 2 is 0.736 bits per heavy atom. The van der Waals surface area contributed by atoms with E-state index in [9.17, 15) is 28.9 Å². The highest BCUT2D eigenvalue weighted by atomic mass is 31.2. The Balaban J connectivity index is 4.67. The van der Waals surface area contributed by atoms with Crippen molar-refractivity contribution in [1.82, 2.24) is 0 Å². The molecule has 0 rings (SSSR count). The van der Waals surface area contributed by atoms with Gasteiger partial charge in [-0.05, 0) is 96.3 Å². The van der Waals surface area contributed by atoms with Gasteiger partial charge in [0, 0.05) is 19.3 Å². The molecule has 0 bridgehead atoms. The van der Waals surface area contributed by atoms with Crippen LogP contribution in [-0.4, -0.2) is 66.5 Å². The van der Waals surface area contributed by atoms with Gasteiger partial charge in [0.15, 0.2) is 6.10 Å². The van der Waals surface area contributed by atoms with Gasteiger partial charge in [0.2, 0.25) is 0 Å². The summed E-state index contributed by atoms with van der Waals surface area (Å²) in [4.78, 5) is 48.5. The van der Waals surface area contributed by atoms with Crippen LogP contribution >= 0.6 is 7.82 Å². The minimum atomic E-state index is -4.75. The van der Waals surface area contributed by atoms with Crippen molar-refractivity contribution in [2.75, 3.05) is 26.4 Å². The Hall–Kier alpha value is -2.82. The molecule has 0 amide bonds. The first-order valence-electron chi connectivity index (χ1n) is 29.2. The van der Waals surface area contributed by atoms with E-state index >= 15 is 0 Å². The standard InChI is InChI=1S/C60H107O11P/c1-4-7-10-13-16-19-22-24-26-28-30-32-35-38-41-44-47-50-59(63)70-56(52-61)54-68-72(65,66)69-55-57(53-67-58(62)49-46-43-40-37-34-21-18-15-12-9-6-3)71-60(64)51-48-45-42-39-36-33-31-29-27-25-23-20-17-14-11-8-5-2/h8,11,15,17-18,20,24-27,56-57,61H,4-7,9-10,12-14,16,19,21-23,28-55H2,1-3H3,(H,65,66)/b11-8-,18-15-,20-17-,26-24-,27-25-. The highest BCUT2D eigenvalue weighted by Gasteiger charge is 2.28. The van der Waals surface area contributed by atoms with Gasteiger partial charge in [-0.15, -0.1) is 0 Å². The molecule has 0 heterocycles. The highest BCUT2D eigenvalue weighted by molar-refractivity contribution is 7.47. The summed E-state index contributed by atoms with van der Waals surface area (Å²) in [7, 11) is -4.75. The number of carbonyl (C=O) groups excluding carboxylic acids is 3. The van der Waals surface area contributed by atoms with Crippen LogP contribution in [0, 0.1) is 0 Å². The van der Waals surface area contributed by atoms with Crippen molar-refractivity contribution in [3.63, 3.8) is 0 Å². The number of allylic oxidation sites excluding steroid dienone is 10. The zero-order valence-corrected chi connectivity index (χ0v) is 47.0. The lowest BCUT2D eigenvalue weighted by Gasteiger charge is -2.21. The van der Waals surface area contributed by atoms with E-state index in [1.165, 1.54) is 83.5 Å². The first-order valence-corrected chi connectivity index (χ1v) is 30.7. The molecule has 418 valence electrons. The number of hydrogen-bond acceptors (Lipinski definition) is 10. The minimum absolute atomic E-state index is 0.154. The molecular weight excluding hydrogens is 928 g/mol. The molecule has 0 aromatic heterocycles. The topological polar surface area (TPSA) is 155 Å². The van der Waals surface area contributed by atoms with Crippen molar-refractivity contribution in [2.45, 2.75) is 277 Å². The lowest BCUT2D eigenvalue weighted by molar-refractivity contribution is -0.161. The number of ether oxygens (including phenoxy) is 3. The van der Waals surface area contributed by atoms with Crippen molar-refractivity contribution in [3.05, 3.63) is 60.8 Å². The Bertz CT molecular complexity index is 1440. The Morgan fingerprint density at radius 3 is 1.17 bits per heavy atom. The summed E-state index contributed by atoms with van der Waals surface area (Å²) < 4.78 is 39.5. The van der Waals surface area contributed by atoms with Gasteiger partial charge in [0.25, 0.3) is 0 Å². The number of phosphoric acid groups is 1. The second kappa shape index (κ2) is 54.4. The number of rotatable bonds is 54. The summed E-state index contributed by atoms with van der Waals surface area (Å²) in [6.07, 6.45) is 58.9. The third kappa shape index (κ3) is 52.1. The average molecular weight is 1040 g/mol. The van der Waals surface area contributed by atoms with E-state index < -0.39 is 57.8 Å². The van der Waals surface area contributed by atoms with Gasteiger partial charge in [-0.25, -0.2) is 4.57 Å². The summed E-state index contributed by atoms with van der Waals surface area (Å²) in [5.74, 6) is -1.48. The average Bonchev–Trinajstić information content (AvgIpc) is 3.37. The van der Waals surface area contributed by atoms with Crippen LogP contribution in [0.5, 0.6) is 0 Å². The van der Waals surface area contributed by atoms with E-state index in [4.69, 9.17) is 23.3 Å². The lowest BCUT2D eigenvalue weighted by atomic mass is 10.1. The van der Waals surface area contributed by atoms with Crippen molar-refractivity contribution in [3.8, 4) is 0 Å². The molecule has 3 unspecified atom stereocenters. The molecule has 0 saturated heterocycles. The summed E-state index contributed by atoms with van der Waals surface area (Å²) in [6, 6.07) is 0. The van der Waals surface area contributed by atoms with Gasteiger partial charge in [-0.3, -0.25) is 23.4 Å². The largest absolute Gasteiger partial charge is 0.472 e. The van der Waals surface area contributed by atoms with Gasteiger partial charge >= 0.3 is 25.7 Å². The van der Waals surface area contributed by atoms with Crippen LogP contribution in [-0.2, 0) is 42.2 Å². The van der Waals surface area contributed by atoms with Crippen molar-refractivity contribution >= 4 is 25.7 Å². The van der Waals surface area contributed by atoms with Gasteiger partial charge in [-0.2, -0.15) is 0 Å². The minimum Gasteiger partial charge on any atom is -0.462 e. The molecule has 0 aromatic carbocycles. The molecule has 0 aliphatic heterocycles. The van der Waals surface area contributed by atoms with E-state index in [2.05, 4.69) is 81.5 Å². The number of unbranched alkanes of at least 4 members (excludes halogenated alkanes) is 27. The summed E-state index contributed by atoms with van der Waals surface area (Å²) >= 11 is 0. The van der Waals surface area contributed by atoms with Gasteiger partial charge in [-0.1, -0.05) is 210 Å². The van der Waals surface area contributed by atoms with Gasteiger partial charge in [0.1, 0.15) is 12.7 Å². The van der Waals surface area contributed by atoms with E-state index in [0.717, 1.165) is 122 Å². The molecule has 0 radical (unpaired) electrons. The SMILES string of the molecule is CC/C=C\C/C=C\C/C=C\CCCCCCCCCC(=O)OC(COC(=O)CCCCCCC/C=C\CCCC)COP(=O)(O)OCC(CO)OC(=O)CCCCCCCCC/C=C\CCCCCCCC. The quantitative estimate of drug-likeness (QED) is 0.0197. The van der Waals surface area contributed by atoms with Crippen LogP contribution in [0.4, 0.5) is 0 Å². The Labute approximate surface area is 440 Å². The number of phosphoric ester groups is 1. The van der Waals surface area contributed by atoms with Crippen LogP contribution in [0.1, 0.15) is 265 Å². The van der Waals surface area contributed by atoms with E-state index in [1.807, 2.05) is 0 Å². The van der Waals surface area contributed by atoms with E-state index in [-0.39, 0.29) is 25.9 Å².